The van der Waals surface area contributed by atoms with E-state index in [-0.39, 0.29) is 23.7 Å². The molecule has 88 valence electrons. The molecule has 0 saturated heterocycles. The van der Waals surface area contributed by atoms with Crippen molar-refractivity contribution in [2.24, 2.45) is 12.0 Å². The molecule has 1 rings (SSSR count). The number of aryl methyl sites for hydroxylation is 1. The number of carbonyl (C=O) groups excluding carboxylic acids is 1. The Morgan fingerprint density at radius 3 is 2.69 bits per heavy atom. The SMILES string of the molecule is Cn1nc(C(F)(F)F)c(CCN=C=O)c1Cl. The molecule has 0 aliphatic rings. The standard InChI is InChI=1S/C8H7ClF3N3O/c1-15-7(9)5(2-3-13-4-16)6(14-15)8(10,11)12/h2-3H2,1H3. The highest BCUT2D eigenvalue weighted by atomic mass is 35.5. The Bertz CT molecular complexity index is 434. The maximum Gasteiger partial charge on any atom is 0.435 e. The van der Waals surface area contributed by atoms with Gasteiger partial charge < -0.3 is 0 Å². The van der Waals surface area contributed by atoms with Gasteiger partial charge in [0, 0.05) is 12.6 Å². The Hall–Kier alpha value is -1.33. The molecule has 0 N–H and O–H groups in total. The second-order valence-corrected chi connectivity index (χ2v) is 3.32. The fourth-order valence-corrected chi connectivity index (χ4v) is 1.43. The Balaban J connectivity index is 3.09. The zero-order valence-electron chi connectivity index (χ0n) is 8.18. The van der Waals surface area contributed by atoms with E-state index >= 15 is 0 Å². The van der Waals surface area contributed by atoms with Crippen LogP contribution in [0.3, 0.4) is 0 Å². The van der Waals surface area contributed by atoms with Gasteiger partial charge in [-0.25, -0.2) is 9.79 Å². The molecular weight excluding hydrogens is 247 g/mol. The van der Waals surface area contributed by atoms with Crippen LogP contribution >= 0.6 is 11.6 Å². The van der Waals surface area contributed by atoms with E-state index in [0.717, 1.165) is 4.68 Å². The van der Waals surface area contributed by atoms with E-state index in [9.17, 15) is 18.0 Å². The van der Waals surface area contributed by atoms with Crippen LogP contribution in [0.2, 0.25) is 5.15 Å². The molecule has 0 amide bonds. The van der Waals surface area contributed by atoms with Gasteiger partial charge in [0.25, 0.3) is 0 Å². The van der Waals surface area contributed by atoms with Gasteiger partial charge in [-0.15, -0.1) is 0 Å². The van der Waals surface area contributed by atoms with Crippen LogP contribution in [0.15, 0.2) is 4.99 Å². The van der Waals surface area contributed by atoms with Crippen molar-refractivity contribution < 1.29 is 18.0 Å². The van der Waals surface area contributed by atoms with E-state index in [1.807, 2.05) is 0 Å². The van der Waals surface area contributed by atoms with Crippen molar-refractivity contribution in [3.8, 4) is 0 Å². The van der Waals surface area contributed by atoms with Crippen LogP contribution in [0.4, 0.5) is 13.2 Å². The van der Waals surface area contributed by atoms with Crippen LogP contribution in [-0.2, 0) is 24.4 Å². The number of rotatable bonds is 3. The van der Waals surface area contributed by atoms with Gasteiger partial charge in [-0.1, -0.05) is 11.6 Å². The Morgan fingerprint density at radius 1 is 1.56 bits per heavy atom. The Morgan fingerprint density at radius 2 is 2.19 bits per heavy atom. The fourth-order valence-electron chi connectivity index (χ4n) is 1.21. The van der Waals surface area contributed by atoms with E-state index in [1.54, 1.807) is 0 Å². The lowest BCUT2D eigenvalue weighted by molar-refractivity contribution is -0.142. The molecule has 0 saturated carbocycles. The van der Waals surface area contributed by atoms with Crippen molar-refractivity contribution in [3.05, 3.63) is 16.4 Å². The van der Waals surface area contributed by atoms with E-state index in [1.165, 1.54) is 13.1 Å². The smallest absolute Gasteiger partial charge is 0.256 e. The monoisotopic (exact) mass is 253 g/mol. The molecule has 16 heavy (non-hydrogen) atoms. The summed E-state index contributed by atoms with van der Waals surface area (Å²) in [7, 11) is 1.31. The molecule has 1 aromatic heterocycles. The van der Waals surface area contributed by atoms with E-state index < -0.39 is 11.9 Å². The third-order valence-electron chi connectivity index (χ3n) is 1.88. The average Bonchev–Trinajstić information content (AvgIpc) is 2.45. The molecule has 0 radical (unpaired) electrons. The summed E-state index contributed by atoms with van der Waals surface area (Å²) in [4.78, 5) is 13.0. The number of isocyanates is 1. The van der Waals surface area contributed by atoms with Crippen LogP contribution < -0.4 is 0 Å². The van der Waals surface area contributed by atoms with Gasteiger partial charge in [-0.05, 0) is 6.42 Å². The van der Waals surface area contributed by atoms with Gasteiger partial charge >= 0.3 is 6.18 Å². The summed E-state index contributed by atoms with van der Waals surface area (Å²) in [5.41, 5.74) is -1.20. The molecule has 1 aromatic rings. The summed E-state index contributed by atoms with van der Waals surface area (Å²) in [6.07, 6.45) is -3.42. The fraction of sp³-hybridized carbons (Fsp3) is 0.500. The first-order valence-electron chi connectivity index (χ1n) is 4.20. The quantitative estimate of drug-likeness (QED) is 0.611. The van der Waals surface area contributed by atoms with E-state index in [0.29, 0.717) is 0 Å². The minimum absolute atomic E-state index is 0.0992. The second-order valence-electron chi connectivity index (χ2n) is 2.96. The highest BCUT2D eigenvalue weighted by Crippen LogP contribution is 2.34. The molecule has 0 unspecified atom stereocenters. The van der Waals surface area contributed by atoms with Crippen molar-refractivity contribution in [2.45, 2.75) is 12.6 Å². The van der Waals surface area contributed by atoms with Gasteiger partial charge in [0.1, 0.15) is 5.15 Å². The van der Waals surface area contributed by atoms with Crippen molar-refractivity contribution in [2.75, 3.05) is 6.54 Å². The lowest BCUT2D eigenvalue weighted by atomic mass is 10.2. The van der Waals surface area contributed by atoms with Crippen LogP contribution in [-0.4, -0.2) is 22.4 Å². The predicted molar refractivity (Wildman–Crippen MR) is 49.9 cm³/mol. The number of aromatic nitrogens is 2. The summed E-state index contributed by atoms with van der Waals surface area (Å²) in [5.74, 6) is 0. The first-order chi connectivity index (χ1) is 7.38. The second kappa shape index (κ2) is 4.67. The number of alkyl halides is 3. The van der Waals surface area contributed by atoms with Crippen molar-refractivity contribution in [1.82, 2.24) is 9.78 Å². The van der Waals surface area contributed by atoms with Crippen LogP contribution in [0.1, 0.15) is 11.3 Å². The molecule has 8 heteroatoms. The summed E-state index contributed by atoms with van der Waals surface area (Å²) < 4.78 is 38.5. The normalized spacial score (nSPS) is 11.3. The Kier molecular flexibility index (Phi) is 3.72. The molecule has 4 nitrogen and oxygen atoms in total. The van der Waals surface area contributed by atoms with E-state index in [2.05, 4.69) is 10.1 Å². The molecule has 0 fully saturated rings. The molecule has 0 bridgehead atoms. The molecule has 0 aliphatic heterocycles. The number of aliphatic imine (C=N–C) groups is 1. The van der Waals surface area contributed by atoms with Crippen molar-refractivity contribution in [3.63, 3.8) is 0 Å². The zero-order chi connectivity index (χ0) is 12.3. The van der Waals surface area contributed by atoms with Crippen LogP contribution in [0.5, 0.6) is 0 Å². The maximum atomic E-state index is 12.5. The molecule has 0 aliphatic carbocycles. The molecule has 0 atom stereocenters. The first-order valence-corrected chi connectivity index (χ1v) is 4.58. The largest absolute Gasteiger partial charge is 0.435 e. The van der Waals surface area contributed by atoms with Gasteiger partial charge in [0.05, 0.1) is 6.54 Å². The topological polar surface area (TPSA) is 47.2 Å². The highest BCUT2D eigenvalue weighted by Gasteiger charge is 2.38. The lowest BCUT2D eigenvalue weighted by Crippen LogP contribution is -2.10. The van der Waals surface area contributed by atoms with Gasteiger partial charge in [0.2, 0.25) is 6.08 Å². The summed E-state index contributed by atoms with van der Waals surface area (Å²) in [5, 5.41) is 3.18. The van der Waals surface area contributed by atoms with E-state index in [4.69, 9.17) is 11.6 Å². The predicted octanol–water partition coefficient (Wildman–Crippen LogP) is 1.97. The van der Waals surface area contributed by atoms with Gasteiger partial charge in [-0.3, -0.25) is 4.68 Å². The third kappa shape index (κ3) is 2.62. The van der Waals surface area contributed by atoms with Crippen molar-refractivity contribution in [1.29, 1.82) is 0 Å². The van der Waals surface area contributed by atoms with Crippen LogP contribution in [0, 0.1) is 0 Å². The zero-order valence-corrected chi connectivity index (χ0v) is 8.93. The van der Waals surface area contributed by atoms with Crippen LogP contribution in [0.25, 0.3) is 0 Å². The lowest BCUT2D eigenvalue weighted by Gasteiger charge is -2.04. The number of hydrogen-bond donors (Lipinski definition) is 0. The maximum absolute atomic E-state index is 12.5. The minimum atomic E-state index is -4.56. The highest BCUT2D eigenvalue weighted by molar-refractivity contribution is 6.30. The first kappa shape index (κ1) is 12.7. The third-order valence-corrected chi connectivity index (χ3v) is 2.35. The number of halogens is 4. The number of nitrogens with zero attached hydrogens (tertiary/aromatic N) is 3. The summed E-state index contributed by atoms with van der Waals surface area (Å²) in [6.45, 7) is -0.0992. The average molecular weight is 254 g/mol. The number of hydrogen-bond acceptors (Lipinski definition) is 3. The molecule has 0 spiro atoms. The van der Waals surface area contributed by atoms with Crippen molar-refractivity contribution >= 4 is 17.7 Å². The summed E-state index contributed by atoms with van der Waals surface area (Å²) >= 11 is 5.66. The summed E-state index contributed by atoms with van der Waals surface area (Å²) in [6, 6.07) is 0. The minimum Gasteiger partial charge on any atom is -0.256 e. The van der Waals surface area contributed by atoms with Gasteiger partial charge in [-0.2, -0.15) is 18.3 Å². The van der Waals surface area contributed by atoms with Gasteiger partial charge in [0.15, 0.2) is 5.69 Å². The molecule has 0 aromatic carbocycles. The Labute approximate surface area is 93.7 Å². The molecule has 1 heterocycles. The molecular formula is C8H7ClF3N3O.